The highest BCUT2D eigenvalue weighted by atomic mass is 35.5. The highest BCUT2D eigenvalue weighted by Gasteiger charge is 2.29. The lowest BCUT2D eigenvalue weighted by Crippen LogP contribution is -2.49. The van der Waals surface area contributed by atoms with Crippen LogP contribution in [0.5, 0.6) is 0 Å². The number of pyridine rings is 1. The first-order valence-electron chi connectivity index (χ1n) is 6.78. The molecule has 1 aromatic heterocycles. The molecule has 5 nitrogen and oxygen atoms in total. The highest BCUT2D eigenvalue weighted by molar-refractivity contribution is 6.32. The van der Waals surface area contributed by atoms with Crippen LogP contribution in [0.15, 0.2) is 12.3 Å². The molecule has 0 aromatic carbocycles. The van der Waals surface area contributed by atoms with Crippen molar-refractivity contribution in [3.8, 4) is 0 Å². The molecule has 1 aliphatic heterocycles. The van der Waals surface area contributed by atoms with Crippen LogP contribution in [0.1, 0.15) is 32.4 Å². The van der Waals surface area contributed by atoms with Gasteiger partial charge in [-0.2, -0.15) is 0 Å². The van der Waals surface area contributed by atoms with Gasteiger partial charge in [-0.3, -0.25) is 0 Å². The first-order valence-corrected chi connectivity index (χ1v) is 7.54. The summed E-state index contributed by atoms with van der Waals surface area (Å²) in [4.78, 5) is 17.8. The third-order valence-electron chi connectivity index (χ3n) is 3.05. The van der Waals surface area contributed by atoms with E-state index >= 15 is 0 Å². The maximum absolute atomic E-state index is 12.1. The van der Waals surface area contributed by atoms with Gasteiger partial charge >= 0.3 is 6.09 Å². The van der Waals surface area contributed by atoms with E-state index in [4.69, 9.17) is 27.9 Å². The summed E-state index contributed by atoms with van der Waals surface area (Å²) in [6.45, 7) is 7.30. The summed E-state index contributed by atoms with van der Waals surface area (Å²) in [5.41, 5.74) is 0.333. The number of rotatable bonds is 1. The van der Waals surface area contributed by atoms with Crippen molar-refractivity contribution in [2.24, 2.45) is 0 Å². The Labute approximate surface area is 134 Å². The van der Waals surface area contributed by atoms with Crippen molar-refractivity contribution >= 4 is 29.3 Å². The van der Waals surface area contributed by atoms with Crippen molar-refractivity contribution in [1.82, 2.24) is 15.2 Å². The lowest BCUT2D eigenvalue weighted by Gasteiger charge is -2.35. The van der Waals surface area contributed by atoms with Crippen LogP contribution in [0.3, 0.4) is 0 Å². The van der Waals surface area contributed by atoms with Gasteiger partial charge in [-0.25, -0.2) is 9.78 Å². The number of carbonyl (C=O) groups is 1. The zero-order valence-corrected chi connectivity index (χ0v) is 13.8. The Morgan fingerprint density at radius 1 is 1.48 bits per heavy atom. The minimum atomic E-state index is -0.505. The fraction of sp³-hybridized carbons (Fsp3) is 0.571. The van der Waals surface area contributed by atoms with Gasteiger partial charge in [-0.05, 0) is 32.4 Å². The average Bonchev–Trinajstić information content (AvgIpc) is 2.40. The lowest BCUT2D eigenvalue weighted by molar-refractivity contribution is 0.0195. The molecule has 0 spiro atoms. The van der Waals surface area contributed by atoms with Crippen molar-refractivity contribution in [3.05, 3.63) is 28.0 Å². The molecule has 2 rings (SSSR count). The molecule has 0 radical (unpaired) electrons. The highest BCUT2D eigenvalue weighted by Crippen LogP contribution is 2.27. The second kappa shape index (κ2) is 6.38. The number of piperazine rings is 1. The first-order chi connectivity index (χ1) is 9.76. The number of hydrogen-bond donors (Lipinski definition) is 1. The number of nitrogens with one attached hydrogen (secondary N) is 1. The van der Waals surface area contributed by atoms with E-state index in [2.05, 4.69) is 10.3 Å². The van der Waals surface area contributed by atoms with E-state index in [1.807, 2.05) is 20.8 Å². The monoisotopic (exact) mass is 331 g/mol. The Balaban J connectivity index is 2.10. The van der Waals surface area contributed by atoms with Gasteiger partial charge in [0.15, 0.2) is 0 Å². The summed E-state index contributed by atoms with van der Waals surface area (Å²) < 4.78 is 5.40. The molecular weight excluding hydrogens is 313 g/mol. The summed E-state index contributed by atoms with van der Waals surface area (Å²) in [7, 11) is 0. The van der Waals surface area contributed by atoms with Crippen molar-refractivity contribution in [2.45, 2.75) is 32.4 Å². The van der Waals surface area contributed by atoms with Gasteiger partial charge in [0.2, 0.25) is 0 Å². The van der Waals surface area contributed by atoms with Crippen LogP contribution in [0, 0.1) is 0 Å². The minimum Gasteiger partial charge on any atom is -0.444 e. The number of carbonyl (C=O) groups excluding carboxylic acids is 1. The van der Waals surface area contributed by atoms with E-state index < -0.39 is 5.60 Å². The van der Waals surface area contributed by atoms with Gasteiger partial charge in [0.25, 0.3) is 0 Å². The van der Waals surface area contributed by atoms with Gasteiger partial charge in [0, 0.05) is 25.8 Å². The number of hydrogen-bond acceptors (Lipinski definition) is 4. The Morgan fingerprint density at radius 2 is 2.19 bits per heavy atom. The van der Waals surface area contributed by atoms with E-state index in [-0.39, 0.29) is 12.1 Å². The third-order valence-corrected chi connectivity index (χ3v) is 3.58. The van der Waals surface area contributed by atoms with Crippen LogP contribution in [0.2, 0.25) is 10.2 Å². The molecule has 7 heteroatoms. The van der Waals surface area contributed by atoms with Crippen LogP contribution >= 0.6 is 23.2 Å². The molecule has 1 atom stereocenters. The predicted molar refractivity (Wildman–Crippen MR) is 82.8 cm³/mol. The summed E-state index contributed by atoms with van der Waals surface area (Å²) in [6.07, 6.45) is 1.21. The van der Waals surface area contributed by atoms with Crippen LogP contribution in [0.4, 0.5) is 4.79 Å². The number of ether oxygens (including phenoxy) is 1. The second-order valence-corrected chi connectivity index (χ2v) is 6.76. The molecule has 21 heavy (non-hydrogen) atoms. The maximum atomic E-state index is 12.1. The van der Waals surface area contributed by atoms with E-state index in [1.54, 1.807) is 11.0 Å². The van der Waals surface area contributed by atoms with Gasteiger partial charge < -0.3 is 15.0 Å². The molecular formula is C14H19Cl2N3O2. The summed E-state index contributed by atoms with van der Waals surface area (Å²) >= 11 is 12.1. The molecule has 0 bridgehead atoms. The zero-order chi connectivity index (χ0) is 15.6. The lowest BCUT2D eigenvalue weighted by atomic mass is 10.1. The SMILES string of the molecule is CC(C)(C)OC(=O)N1CCNC(c2cc(Cl)ncc2Cl)C1. The minimum absolute atomic E-state index is 0.0840. The normalized spacial score (nSPS) is 19.5. The standard InChI is InChI=1S/C14H19Cl2N3O2/c1-14(2,3)21-13(20)19-5-4-17-11(8-19)9-6-12(16)18-7-10(9)15/h6-7,11,17H,4-5,8H2,1-3H3. The molecule has 1 saturated heterocycles. The number of amides is 1. The molecule has 1 N–H and O–H groups in total. The maximum Gasteiger partial charge on any atom is 0.410 e. The van der Waals surface area contributed by atoms with Gasteiger partial charge in [-0.1, -0.05) is 23.2 Å². The first kappa shape index (κ1) is 16.3. The molecule has 1 aromatic rings. The van der Waals surface area contributed by atoms with Crippen LogP contribution in [-0.2, 0) is 4.74 Å². The van der Waals surface area contributed by atoms with Crippen LogP contribution in [0.25, 0.3) is 0 Å². The molecule has 2 heterocycles. The topological polar surface area (TPSA) is 54.5 Å². The van der Waals surface area contributed by atoms with E-state index in [1.165, 1.54) is 6.20 Å². The Kier molecular flexibility index (Phi) is 4.96. The van der Waals surface area contributed by atoms with Crippen molar-refractivity contribution in [1.29, 1.82) is 0 Å². The van der Waals surface area contributed by atoms with Crippen molar-refractivity contribution in [3.63, 3.8) is 0 Å². The van der Waals surface area contributed by atoms with Gasteiger partial charge in [0.05, 0.1) is 11.1 Å². The zero-order valence-electron chi connectivity index (χ0n) is 12.3. The molecule has 0 saturated carbocycles. The van der Waals surface area contributed by atoms with E-state index in [0.717, 1.165) is 5.56 Å². The molecule has 1 unspecified atom stereocenters. The summed E-state index contributed by atoms with van der Waals surface area (Å²) in [5, 5.41) is 4.24. The molecule has 1 amide bonds. The van der Waals surface area contributed by atoms with Crippen molar-refractivity contribution in [2.75, 3.05) is 19.6 Å². The van der Waals surface area contributed by atoms with Gasteiger partial charge in [-0.15, -0.1) is 0 Å². The fourth-order valence-corrected chi connectivity index (χ4v) is 2.55. The Morgan fingerprint density at radius 3 is 2.86 bits per heavy atom. The van der Waals surface area contributed by atoms with Crippen molar-refractivity contribution < 1.29 is 9.53 Å². The number of halogens is 2. The second-order valence-electron chi connectivity index (χ2n) is 5.96. The molecule has 0 aliphatic carbocycles. The van der Waals surface area contributed by atoms with Crippen LogP contribution < -0.4 is 5.32 Å². The summed E-state index contributed by atoms with van der Waals surface area (Å²) in [5.74, 6) is 0. The average molecular weight is 332 g/mol. The van der Waals surface area contributed by atoms with E-state index in [9.17, 15) is 4.79 Å². The van der Waals surface area contributed by atoms with E-state index in [0.29, 0.717) is 29.8 Å². The number of nitrogens with zero attached hydrogens (tertiary/aromatic N) is 2. The fourth-order valence-electron chi connectivity index (χ4n) is 2.15. The molecule has 1 aliphatic rings. The van der Waals surface area contributed by atoms with Crippen LogP contribution in [-0.4, -0.2) is 41.2 Å². The third kappa shape index (κ3) is 4.46. The Bertz CT molecular complexity index is 531. The number of aromatic nitrogens is 1. The van der Waals surface area contributed by atoms with Gasteiger partial charge in [0.1, 0.15) is 10.8 Å². The largest absolute Gasteiger partial charge is 0.444 e. The Hall–Kier alpha value is -1.04. The summed E-state index contributed by atoms with van der Waals surface area (Å²) in [6, 6.07) is 1.64. The quantitative estimate of drug-likeness (QED) is 0.802. The molecule has 1 fully saturated rings. The molecule has 116 valence electrons. The smallest absolute Gasteiger partial charge is 0.410 e. The predicted octanol–water partition coefficient (Wildman–Crippen LogP) is 3.27.